The zero-order valence-corrected chi connectivity index (χ0v) is 14.9. The molecule has 2 aromatic carbocycles. The van der Waals surface area contributed by atoms with Crippen molar-refractivity contribution in [1.29, 1.82) is 0 Å². The van der Waals surface area contributed by atoms with Crippen LogP contribution in [0.4, 0.5) is 5.69 Å². The van der Waals surface area contributed by atoms with Crippen molar-refractivity contribution in [2.75, 3.05) is 18.4 Å². The number of carbonyl (C=O) groups is 2. The molecule has 1 aliphatic rings. The van der Waals surface area contributed by atoms with Crippen LogP contribution < -0.4 is 5.32 Å². The molecule has 4 nitrogen and oxygen atoms in total. The summed E-state index contributed by atoms with van der Waals surface area (Å²) in [6.07, 6.45) is 1.06. The number of nitrogens with zero attached hydrogens (tertiary/aromatic N) is 1. The number of hydrogen-bond donors (Lipinski definition) is 1. The van der Waals surface area contributed by atoms with Crippen LogP contribution in [0.25, 0.3) is 0 Å². The minimum atomic E-state index is -0.318. The summed E-state index contributed by atoms with van der Waals surface area (Å²) in [7, 11) is 0. The van der Waals surface area contributed by atoms with Crippen LogP contribution in [-0.4, -0.2) is 29.8 Å². The van der Waals surface area contributed by atoms with Crippen LogP contribution in [0.1, 0.15) is 17.5 Å². The molecular formula is C20H21ClN2O2. The average molecular weight is 357 g/mol. The van der Waals surface area contributed by atoms with Crippen molar-refractivity contribution in [1.82, 2.24) is 4.90 Å². The quantitative estimate of drug-likeness (QED) is 0.888. The molecular weight excluding hydrogens is 336 g/mol. The van der Waals surface area contributed by atoms with Crippen LogP contribution in [0, 0.1) is 12.8 Å². The summed E-state index contributed by atoms with van der Waals surface area (Å²) in [6.45, 7) is 3.03. The number of nitrogens with one attached hydrogen (secondary N) is 1. The molecule has 0 aromatic heterocycles. The Balaban J connectivity index is 1.58. The van der Waals surface area contributed by atoms with Crippen LogP contribution in [0.3, 0.4) is 0 Å². The molecule has 0 radical (unpaired) electrons. The number of likely N-dealkylation sites (tertiary alicyclic amines) is 1. The van der Waals surface area contributed by atoms with E-state index in [1.807, 2.05) is 43.3 Å². The zero-order valence-electron chi connectivity index (χ0n) is 14.2. The maximum absolute atomic E-state index is 12.5. The summed E-state index contributed by atoms with van der Waals surface area (Å²) in [4.78, 5) is 26.5. The molecule has 1 heterocycles. The Labute approximate surface area is 152 Å². The fourth-order valence-corrected chi connectivity index (χ4v) is 3.21. The van der Waals surface area contributed by atoms with Gasteiger partial charge in [-0.1, -0.05) is 48.0 Å². The van der Waals surface area contributed by atoms with Crippen molar-refractivity contribution < 1.29 is 9.59 Å². The van der Waals surface area contributed by atoms with Gasteiger partial charge in [-0.3, -0.25) is 9.59 Å². The van der Waals surface area contributed by atoms with Crippen molar-refractivity contribution in [2.24, 2.45) is 5.92 Å². The van der Waals surface area contributed by atoms with Gasteiger partial charge in [-0.25, -0.2) is 0 Å². The van der Waals surface area contributed by atoms with E-state index in [1.165, 1.54) is 5.56 Å². The predicted molar refractivity (Wildman–Crippen MR) is 99.7 cm³/mol. The summed E-state index contributed by atoms with van der Waals surface area (Å²) in [5, 5.41) is 3.48. The Bertz CT molecular complexity index is 777. The van der Waals surface area contributed by atoms with Gasteiger partial charge >= 0.3 is 0 Å². The number of amides is 2. The van der Waals surface area contributed by atoms with Crippen LogP contribution in [-0.2, 0) is 16.0 Å². The van der Waals surface area contributed by atoms with Crippen molar-refractivity contribution in [3.8, 4) is 0 Å². The number of halogens is 1. The fourth-order valence-electron chi connectivity index (χ4n) is 3.04. The van der Waals surface area contributed by atoms with E-state index in [9.17, 15) is 9.59 Å². The largest absolute Gasteiger partial charge is 0.342 e. The Morgan fingerprint density at radius 2 is 2.00 bits per heavy atom. The van der Waals surface area contributed by atoms with Crippen LogP contribution in [0.15, 0.2) is 48.5 Å². The number of carbonyl (C=O) groups excluding carboxylic acids is 2. The highest BCUT2D eigenvalue weighted by atomic mass is 35.5. The number of rotatable bonds is 5. The molecule has 1 aliphatic heterocycles. The highest BCUT2D eigenvalue weighted by Gasteiger charge is 2.34. The zero-order chi connectivity index (χ0) is 17.8. The van der Waals surface area contributed by atoms with Gasteiger partial charge in [-0.15, -0.1) is 0 Å². The molecule has 1 atom stereocenters. The SMILES string of the molecule is Cc1ccc(Cl)cc1NC(=O)[C@@H]1CC(=O)N(CCc2ccccc2)C1. The lowest BCUT2D eigenvalue weighted by atomic mass is 10.1. The fraction of sp³-hybridized carbons (Fsp3) is 0.300. The maximum Gasteiger partial charge on any atom is 0.229 e. The van der Waals surface area contributed by atoms with E-state index in [-0.39, 0.29) is 24.2 Å². The first-order chi connectivity index (χ1) is 12.0. The smallest absolute Gasteiger partial charge is 0.229 e. The van der Waals surface area contributed by atoms with Gasteiger partial charge < -0.3 is 10.2 Å². The molecule has 0 unspecified atom stereocenters. The molecule has 0 saturated carbocycles. The molecule has 0 aliphatic carbocycles. The molecule has 5 heteroatoms. The molecule has 1 fully saturated rings. The summed E-state index contributed by atoms with van der Waals surface area (Å²) in [5.74, 6) is -0.401. The second-order valence-corrected chi connectivity index (χ2v) is 6.86. The third-order valence-corrected chi connectivity index (χ3v) is 4.79. The van der Waals surface area contributed by atoms with Crippen LogP contribution >= 0.6 is 11.6 Å². The third-order valence-electron chi connectivity index (χ3n) is 4.56. The molecule has 3 rings (SSSR count). The Morgan fingerprint density at radius 1 is 1.24 bits per heavy atom. The second-order valence-electron chi connectivity index (χ2n) is 6.42. The molecule has 2 aromatic rings. The topological polar surface area (TPSA) is 49.4 Å². The summed E-state index contributed by atoms with van der Waals surface area (Å²) < 4.78 is 0. The number of benzene rings is 2. The van der Waals surface area contributed by atoms with E-state index in [0.29, 0.717) is 23.8 Å². The summed E-state index contributed by atoms with van der Waals surface area (Å²) in [5.41, 5.74) is 2.84. The van der Waals surface area contributed by atoms with Crippen molar-refractivity contribution in [3.05, 3.63) is 64.7 Å². The average Bonchev–Trinajstić information content (AvgIpc) is 2.98. The van der Waals surface area contributed by atoms with Gasteiger partial charge in [0.2, 0.25) is 11.8 Å². The van der Waals surface area contributed by atoms with Gasteiger partial charge in [0.15, 0.2) is 0 Å². The highest BCUT2D eigenvalue weighted by Crippen LogP contribution is 2.24. The lowest BCUT2D eigenvalue weighted by Gasteiger charge is -2.17. The second kappa shape index (κ2) is 7.70. The first-order valence-electron chi connectivity index (χ1n) is 8.41. The van der Waals surface area contributed by atoms with E-state index in [2.05, 4.69) is 5.32 Å². The monoisotopic (exact) mass is 356 g/mol. The molecule has 1 N–H and O–H groups in total. The first-order valence-corrected chi connectivity index (χ1v) is 8.79. The van der Waals surface area contributed by atoms with Gasteiger partial charge in [0.25, 0.3) is 0 Å². The van der Waals surface area contributed by atoms with E-state index < -0.39 is 0 Å². The van der Waals surface area contributed by atoms with Gasteiger partial charge in [0, 0.05) is 30.2 Å². The first kappa shape index (κ1) is 17.5. The van der Waals surface area contributed by atoms with E-state index in [0.717, 1.165) is 12.0 Å². The van der Waals surface area contributed by atoms with Crippen molar-refractivity contribution in [2.45, 2.75) is 19.8 Å². The molecule has 0 bridgehead atoms. The van der Waals surface area contributed by atoms with E-state index in [1.54, 1.807) is 17.0 Å². The minimum absolute atomic E-state index is 0.0406. The van der Waals surface area contributed by atoms with Crippen molar-refractivity contribution >= 4 is 29.1 Å². The lowest BCUT2D eigenvalue weighted by Crippen LogP contribution is -2.30. The third kappa shape index (κ3) is 4.40. The number of hydrogen-bond acceptors (Lipinski definition) is 2. The van der Waals surface area contributed by atoms with Gasteiger partial charge in [0.05, 0.1) is 5.92 Å². The minimum Gasteiger partial charge on any atom is -0.342 e. The van der Waals surface area contributed by atoms with Crippen molar-refractivity contribution in [3.63, 3.8) is 0 Å². The number of aryl methyl sites for hydroxylation is 1. The highest BCUT2D eigenvalue weighted by molar-refractivity contribution is 6.31. The summed E-state index contributed by atoms with van der Waals surface area (Å²) >= 11 is 5.99. The van der Waals surface area contributed by atoms with Crippen LogP contribution in [0.2, 0.25) is 5.02 Å². The Hall–Kier alpha value is -2.33. The van der Waals surface area contributed by atoms with Gasteiger partial charge in [-0.2, -0.15) is 0 Å². The normalized spacial score (nSPS) is 17.0. The molecule has 25 heavy (non-hydrogen) atoms. The predicted octanol–water partition coefficient (Wildman–Crippen LogP) is 3.68. The molecule has 2 amide bonds. The van der Waals surface area contributed by atoms with Gasteiger partial charge in [0.1, 0.15) is 0 Å². The van der Waals surface area contributed by atoms with E-state index >= 15 is 0 Å². The summed E-state index contributed by atoms with van der Waals surface area (Å²) in [6, 6.07) is 15.4. The molecule has 130 valence electrons. The number of anilines is 1. The van der Waals surface area contributed by atoms with Crippen LogP contribution in [0.5, 0.6) is 0 Å². The molecule has 0 spiro atoms. The Kier molecular flexibility index (Phi) is 5.39. The standard InChI is InChI=1S/C20H21ClN2O2/c1-14-7-8-17(21)12-18(14)22-20(25)16-11-19(24)23(13-16)10-9-15-5-3-2-4-6-15/h2-8,12,16H,9-11,13H2,1H3,(H,22,25)/t16-/m1/s1. The maximum atomic E-state index is 12.5. The van der Waals surface area contributed by atoms with Gasteiger partial charge in [-0.05, 0) is 36.6 Å². The lowest BCUT2D eigenvalue weighted by molar-refractivity contribution is -0.128. The molecule has 1 saturated heterocycles. The Morgan fingerprint density at radius 3 is 2.76 bits per heavy atom. The van der Waals surface area contributed by atoms with E-state index in [4.69, 9.17) is 11.6 Å².